The maximum absolute atomic E-state index is 5.82. The molecule has 0 atom stereocenters. The van der Waals surface area contributed by atoms with Gasteiger partial charge in [-0.1, -0.05) is 18.5 Å². The molecule has 0 bridgehead atoms. The first-order valence-electron chi connectivity index (χ1n) is 4.52. The number of hydrogen-bond donors (Lipinski definition) is 1. The summed E-state index contributed by atoms with van der Waals surface area (Å²) in [5.41, 5.74) is 0. The van der Waals surface area contributed by atoms with Gasteiger partial charge in [0.2, 0.25) is 0 Å². The molecule has 0 radical (unpaired) electrons. The zero-order valence-corrected chi connectivity index (χ0v) is 9.14. The number of nitrogens with one attached hydrogen (secondary N) is 1. The molecule has 0 unspecified atom stereocenters. The van der Waals surface area contributed by atoms with Crippen LogP contribution in [0.4, 0.5) is 5.82 Å². The quantitative estimate of drug-likeness (QED) is 0.601. The van der Waals surface area contributed by atoms with E-state index >= 15 is 0 Å². The Kier molecular flexibility index (Phi) is 4.62. The van der Waals surface area contributed by atoms with Crippen LogP contribution in [0.2, 0.25) is 5.15 Å². The van der Waals surface area contributed by atoms with Gasteiger partial charge in [-0.15, -0.1) is 0 Å². The molecule has 1 rings (SSSR count). The van der Waals surface area contributed by atoms with Crippen molar-refractivity contribution in [2.24, 2.45) is 0 Å². The van der Waals surface area contributed by atoms with Crippen LogP contribution in [0, 0.1) is 0 Å². The minimum absolute atomic E-state index is 0.469. The first-order valence-corrected chi connectivity index (χ1v) is 4.90. The molecule has 0 aliphatic rings. The number of methoxy groups -OCH3 is 1. The average Bonchev–Trinajstić information content (AvgIpc) is 2.17. The second kappa shape index (κ2) is 5.78. The molecule has 1 aromatic rings. The van der Waals surface area contributed by atoms with E-state index < -0.39 is 0 Å². The monoisotopic (exact) mass is 215 g/mol. The number of aryl methyl sites for hydroxylation is 1. The van der Waals surface area contributed by atoms with Gasteiger partial charge in [-0.3, -0.25) is 0 Å². The van der Waals surface area contributed by atoms with Gasteiger partial charge < -0.3 is 10.1 Å². The largest absolute Gasteiger partial charge is 0.383 e. The SMILES string of the molecule is CCc1nc(Cl)cc(NCCOC)n1. The van der Waals surface area contributed by atoms with E-state index in [1.165, 1.54) is 0 Å². The van der Waals surface area contributed by atoms with E-state index in [9.17, 15) is 0 Å². The smallest absolute Gasteiger partial charge is 0.134 e. The van der Waals surface area contributed by atoms with Crippen molar-refractivity contribution in [1.29, 1.82) is 0 Å². The fourth-order valence-corrected chi connectivity index (χ4v) is 1.20. The van der Waals surface area contributed by atoms with Gasteiger partial charge in [-0.2, -0.15) is 0 Å². The first-order chi connectivity index (χ1) is 6.76. The van der Waals surface area contributed by atoms with Gasteiger partial charge in [0.15, 0.2) is 0 Å². The van der Waals surface area contributed by atoms with Crippen LogP contribution in [-0.2, 0) is 11.2 Å². The molecule has 0 aromatic carbocycles. The van der Waals surface area contributed by atoms with Crippen molar-refractivity contribution in [3.05, 3.63) is 17.0 Å². The molecule has 5 heteroatoms. The third-order valence-corrected chi connectivity index (χ3v) is 1.86. The van der Waals surface area contributed by atoms with Gasteiger partial charge in [0.1, 0.15) is 16.8 Å². The lowest BCUT2D eigenvalue weighted by atomic mass is 10.4. The van der Waals surface area contributed by atoms with Gasteiger partial charge >= 0.3 is 0 Å². The minimum atomic E-state index is 0.469. The highest BCUT2D eigenvalue weighted by atomic mass is 35.5. The van der Waals surface area contributed by atoms with Gasteiger partial charge in [0, 0.05) is 26.1 Å². The van der Waals surface area contributed by atoms with E-state index in [0.29, 0.717) is 18.3 Å². The van der Waals surface area contributed by atoms with E-state index in [4.69, 9.17) is 16.3 Å². The van der Waals surface area contributed by atoms with E-state index in [1.54, 1.807) is 13.2 Å². The average molecular weight is 216 g/mol. The third-order valence-electron chi connectivity index (χ3n) is 1.67. The van der Waals surface area contributed by atoms with Crippen LogP contribution in [-0.4, -0.2) is 30.2 Å². The molecular weight excluding hydrogens is 202 g/mol. The highest BCUT2D eigenvalue weighted by molar-refractivity contribution is 6.29. The van der Waals surface area contributed by atoms with Crippen molar-refractivity contribution in [3.63, 3.8) is 0 Å². The molecule has 78 valence electrons. The van der Waals surface area contributed by atoms with E-state index in [-0.39, 0.29) is 0 Å². The van der Waals surface area contributed by atoms with Crippen LogP contribution in [0.3, 0.4) is 0 Å². The minimum Gasteiger partial charge on any atom is -0.383 e. The summed E-state index contributed by atoms with van der Waals surface area (Å²) in [6.45, 7) is 3.35. The Balaban J connectivity index is 2.62. The van der Waals surface area contributed by atoms with Gasteiger partial charge in [0.05, 0.1) is 6.61 Å². The van der Waals surface area contributed by atoms with E-state index in [1.807, 2.05) is 6.92 Å². The fraction of sp³-hybridized carbons (Fsp3) is 0.556. The summed E-state index contributed by atoms with van der Waals surface area (Å²) in [5, 5.41) is 3.57. The van der Waals surface area contributed by atoms with Crippen LogP contribution in [0.15, 0.2) is 6.07 Å². The Hall–Kier alpha value is -0.870. The molecule has 1 heterocycles. The molecule has 0 aliphatic heterocycles. The van der Waals surface area contributed by atoms with Gasteiger partial charge in [0.25, 0.3) is 0 Å². The summed E-state index contributed by atoms with van der Waals surface area (Å²) in [6, 6.07) is 1.70. The van der Waals surface area contributed by atoms with Crippen molar-refractivity contribution < 1.29 is 4.74 Å². The first kappa shape index (κ1) is 11.2. The molecule has 0 fully saturated rings. The molecule has 0 saturated heterocycles. The van der Waals surface area contributed by atoms with Crippen molar-refractivity contribution >= 4 is 17.4 Å². The summed E-state index contributed by atoms with van der Waals surface area (Å²) in [7, 11) is 1.66. The lowest BCUT2D eigenvalue weighted by Gasteiger charge is -2.06. The molecular formula is C9H14ClN3O. The Labute approximate surface area is 88.7 Å². The highest BCUT2D eigenvalue weighted by Gasteiger charge is 2.00. The van der Waals surface area contributed by atoms with Crippen LogP contribution in [0.1, 0.15) is 12.7 Å². The Bertz CT molecular complexity index is 293. The van der Waals surface area contributed by atoms with Crippen LogP contribution >= 0.6 is 11.6 Å². The second-order valence-corrected chi connectivity index (χ2v) is 3.15. The van der Waals surface area contributed by atoms with Gasteiger partial charge in [-0.05, 0) is 0 Å². The fourth-order valence-electron chi connectivity index (χ4n) is 0.995. The van der Waals surface area contributed by atoms with Crippen LogP contribution in [0.5, 0.6) is 0 Å². The lowest BCUT2D eigenvalue weighted by molar-refractivity contribution is 0.210. The van der Waals surface area contributed by atoms with E-state index in [0.717, 1.165) is 18.1 Å². The summed E-state index contributed by atoms with van der Waals surface area (Å²) < 4.78 is 4.91. The van der Waals surface area contributed by atoms with Crippen molar-refractivity contribution in [3.8, 4) is 0 Å². The van der Waals surface area contributed by atoms with Crippen LogP contribution in [0.25, 0.3) is 0 Å². The number of anilines is 1. The van der Waals surface area contributed by atoms with Crippen molar-refractivity contribution in [2.45, 2.75) is 13.3 Å². The zero-order valence-electron chi connectivity index (χ0n) is 8.38. The third kappa shape index (κ3) is 3.47. The van der Waals surface area contributed by atoms with Crippen molar-refractivity contribution in [1.82, 2.24) is 9.97 Å². The number of nitrogens with zero attached hydrogens (tertiary/aromatic N) is 2. The number of ether oxygens (including phenoxy) is 1. The van der Waals surface area contributed by atoms with E-state index in [2.05, 4.69) is 15.3 Å². The summed E-state index contributed by atoms with van der Waals surface area (Å²) in [4.78, 5) is 8.33. The Morgan fingerprint density at radius 3 is 2.93 bits per heavy atom. The molecule has 4 nitrogen and oxygen atoms in total. The van der Waals surface area contributed by atoms with Crippen LogP contribution < -0.4 is 5.32 Å². The molecule has 0 saturated carbocycles. The summed E-state index contributed by atoms with van der Waals surface area (Å²) in [6.07, 6.45) is 0.777. The molecule has 0 aliphatic carbocycles. The predicted molar refractivity (Wildman–Crippen MR) is 56.8 cm³/mol. The topological polar surface area (TPSA) is 47.0 Å². The maximum Gasteiger partial charge on any atom is 0.134 e. The lowest BCUT2D eigenvalue weighted by Crippen LogP contribution is -2.10. The maximum atomic E-state index is 5.82. The summed E-state index contributed by atoms with van der Waals surface area (Å²) in [5.74, 6) is 1.50. The number of rotatable bonds is 5. The Morgan fingerprint density at radius 2 is 2.29 bits per heavy atom. The molecule has 0 amide bonds. The standard InChI is InChI=1S/C9H14ClN3O/c1-3-8-12-7(10)6-9(13-8)11-4-5-14-2/h6H,3-5H2,1-2H3,(H,11,12,13). The molecule has 0 spiro atoms. The number of hydrogen-bond acceptors (Lipinski definition) is 4. The Morgan fingerprint density at radius 1 is 1.50 bits per heavy atom. The molecule has 1 aromatic heterocycles. The summed E-state index contributed by atoms with van der Waals surface area (Å²) >= 11 is 5.82. The number of halogens is 1. The van der Waals surface area contributed by atoms with Crippen molar-refractivity contribution in [2.75, 3.05) is 25.6 Å². The second-order valence-electron chi connectivity index (χ2n) is 2.77. The molecule has 14 heavy (non-hydrogen) atoms. The highest BCUT2D eigenvalue weighted by Crippen LogP contribution is 2.11. The predicted octanol–water partition coefficient (Wildman–Crippen LogP) is 1.75. The molecule has 1 N–H and O–H groups in total. The number of aromatic nitrogens is 2. The zero-order chi connectivity index (χ0) is 10.4. The van der Waals surface area contributed by atoms with Gasteiger partial charge in [-0.25, -0.2) is 9.97 Å². The normalized spacial score (nSPS) is 10.2.